The van der Waals surface area contributed by atoms with E-state index in [0.717, 1.165) is 28.3 Å². The molecule has 1 heterocycles. The van der Waals surface area contributed by atoms with Gasteiger partial charge < -0.3 is 9.47 Å². The van der Waals surface area contributed by atoms with Crippen molar-refractivity contribution in [3.63, 3.8) is 0 Å². The predicted molar refractivity (Wildman–Crippen MR) is 272 cm³/mol. The van der Waals surface area contributed by atoms with Crippen LogP contribution >= 0.6 is 0 Å². The van der Waals surface area contributed by atoms with Crippen molar-refractivity contribution in [2.75, 3.05) is 4.90 Å². The second kappa shape index (κ2) is 15.8. The number of rotatable bonds is 8. The Morgan fingerprint density at radius 1 is 0.250 bits per heavy atom. The maximum Gasteiger partial charge on any atom is 0.0547 e. The van der Waals surface area contributed by atoms with Crippen molar-refractivity contribution in [1.82, 2.24) is 4.57 Å². The van der Waals surface area contributed by atoms with Crippen LogP contribution in [0.4, 0.5) is 17.1 Å². The van der Waals surface area contributed by atoms with Gasteiger partial charge in [0.2, 0.25) is 0 Å². The maximum atomic E-state index is 2.46. The SMILES string of the molecule is c1ccc(-c2ccc(N(c3ccc(-c4ccccc4-n4c5ccccc5c5c(-c6cccc7ccccc67)cccc54)cc3)c3ccc(-c4cccc5ccccc45)cc3)cc2)cc1. The Labute approximate surface area is 373 Å². The Bertz CT molecular complexity index is 3630. The van der Waals surface area contributed by atoms with Crippen LogP contribution in [0.25, 0.3) is 93.5 Å². The van der Waals surface area contributed by atoms with Crippen LogP contribution in [-0.2, 0) is 0 Å². The smallest absolute Gasteiger partial charge is 0.0547 e. The van der Waals surface area contributed by atoms with Crippen molar-refractivity contribution in [3.05, 3.63) is 255 Å². The third-order valence-corrected chi connectivity index (χ3v) is 12.8. The number of anilines is 3. The highest BCUT2D eigenvalue weighted by Crippen LogP contribution is 2.43. The molecule has 0 unspecified atom stereocenters. The standard InChI is InChI=1S/C62H42N2/c1-2-15-43(16-3-1)44-31-37-49(38-32-44)63(50-39-33-47(34-40-50)53-25-12-19-45-17-4-6-21-52(45)53)51-41-35-48(36-42-51)55-23-8-10-28-59(55)64-60-29-11-9-24-58(60)62-57(27-14-30-61(62)64)56-26-13-20-46-18-5-7-22-54(46)56/h1-42H. The monoisotopic (exact) mass is 814 g/mol. The maximum absolute atomic E-state index is 2.46. The van der Waals surface area contributed by atoms with Crippen molar-refractivity contribution in [2.24, 2.45) is 0 Å². The van der Waals surface area contributed by atoms with E-state index in [-0.39, 0.29) is 0 Å². The van der Waals surface area contributed by atoms with Gasteiger partial charge in [-0.1, -0.05) is 200 Å². The van der Waals surface area contributed by atoms with Crippen LogP contribution < -0.4 is 4.90 Å². The van der Waals surface area contributed by atoms with E-state index in [4.69, 9.17) is 0 Å². The fourth-order valence-electron chi connectivity index (χ4n) is 9.81. The van der Waals surface area contributed by atoms with Crippen LogP contribution in [-0.4, -0.2) is 4.57 Å². The zero-order valence-electron chi connectivity index (χ0n) is 35.1. The summed E-state index contributed by atoms with van der Waals surface area (Å²) >= 11 is 0. The Balaban J connectivity index is 0.964. The lowest BCUT2D eigenvalue weighted by Crippen LogP contribution is -2.09. The van der Waals surface area contributed by atoms with E-state index >= 15 is 0 Å². The lowest BCUT2D eigenvalue weighted by Gasteiger charge is -2.26. The van der Waals surface area contributed by atoms with Crippen LogP contribution in [0.5, 0.6) is 0 Å². The van der Waals surface area contributed by atoms with Crippen molar-refractivity contribution < 1.29 is 0 Å². The van der Waals surface area contributed by atoms with Gasteiger partial charge in [0.25, 0.3) is 0 Å². The molecule has 64 heavy (non-hydrogen) atoms. The molecule has 12 rings (SSSR count). The molecule has 0 amide bonds. The summed E-state index contributed by atoms with van der Waals surface area (Å²) in [5, 5.41) is 7.52. The van der Waals surface area contributed by atoms with Gasteiger partial charge in [-0.05, 0) is 115 Å². The first-order valence-corrected chi connectivity index (χ1v) is 22.0. The Morgan fingerprint density at radius 2 is 0.672 bits per heavy atom. The quantitative estimate of drug-likeness (QED) is 0.148. The second-order valence-electron chi connectivity index (χ2n) is 16.5. The van der Waals surface area contributed by atoms with Gasteiger partial charge in [0.05, 0.1) is 16.7 Å². The summed E-state index contributed by atoms with van der Waals surface area (Å²) in [4.78, 5) is 2.36. The summed E-state index contributed by atoms with van der Waals surface area (Å²) in [5.41, 5.74) is 16.4. The normalized spacial score (nSPS) is 11.4. The number of para-hydroxylation sites is 2. The highest BCUT2D eigenvalue weighted by molar-refractivity contribution is 6.18. The molecule has 0 bridgehead atoms. The fraction of sp³-hybridized carbons (Fsp3) is 0. The lowest BCUT2D eigenvalue weighted by molar-refractivity contribution is 1.18. The van der Waals surface area contributed by atoms with E-state index in [9.17, 15) is 0 Å². The summed E-state index contributed by atoms with van der Waals surface area (Å²) in [5.74, 6) is 0. The highest BCUT2D eigenvalue weighted by Gasteiger charge is 2.20. The molecule has 0 radical (unpaired) electrons. The minimum absolute atomic E-state index is 1.09. The van der Waals surface area contributed by atoms with Gasteiger partial charge in [0, 0.05) is 33.4 Å². The number of hydrogen-bond acceptors (Lipinski definition) is 1. The number of hydrogen-bond donors (Lipinski definition) is 0. The molecule has 0 aliphatic heterocycles. The van der Waals surface area contributed by atoms with Crippen molar-refractivity contribution in [2.45, 2.75) is 0 Å². The zero-order valence-corrected chi connectivity index (χ0v) is 35.1. The largest absolute Gasteiger partial charge is 0.311 e. The third-order valence-electron chi connectivity index (χ3n) is 12.8. The van der Waals surface area contributed by atoms with Crippen LogP contribution in [0, 0.1) is 0 Å². The zero-order chi connectivity index (χ0) is 42.4. The molecular weight excluding hydrogens is 773 g/mol. The Hall–Kier alpha value is -8.46. The summed E-state index contributed by atoms with van der Waals surface area (Å²) in [6.07, 6.45) is 0. The number of fused-ring (bicyclic) bond motifs is 5. The molecular formula is C62H42N2. The Morgan fingerprint density at radius 3 is 1.34 bits per heavy atom. The molecule has 0 N–H and O–H groups in total. The number of nitrogens with zero attached hydrogens (tertiary/aromatic N) is 2. The van der Waals surface area contributed by atoms with E-state index < -0.39 is 0 Å². The minimum Gasteiger partial charge on any atom is -0.311 e. The summed E-state index contributed by atoms with van der Waals surface area (Å²) < 4.78 is 2.46. The molecule has 1 aromatic heterocycles. The molecule has 0 fully saturated rings. The van der Waals surface area contributed by atoms with Crippen LogP contribution in [0.3, 0.4) is 0 Å². The summed E-state index contributed by atoms with van der Waals surface area (Å²) in [7, 11) is 0. The van der Waals surface area contributed by atoms with Crippen molar-refractivity contribution >= 4 is 60.4 Å². The third kappa shape index (κ3) is 6.44. The van der Waals surface area contributed by atoms with E-state index in [0.29, 0.717) is 0 Å². The van der Waals surface area contributed by atoms with E-state index in [1.807, 2.05) is 0 Å². The topological polar surface area (TPSA) is 8.17 Å². The van der Waals surface area contributed by atoms with E-state index in [1.165, 1.54) is 82.3 Å². The van der Waals surface area contributed by atoms with Crippen LogP contribution in [0.1, 0.15) is 0 Å². The van der Waals surface area contributed by atoms with E-state index in [2.05, 4.69) is 264 Å². The van der Waals surface area contributed by atoms with Gasteiger partial charge in [-0.15, -0.1) is 0 Å². The molecule has 0 aliphatic carbocycles. The first kappa shape index (κ1) is 37.3. The molecule has 0 saturated carbocycles. The first-order chi connectivity index (χ1) is 31.8. The first-order valence-electron chi connectivity index (χ1n) is 22.0. The van der Waals surface area contributed by atoms with Gasteiger partial charge in [-0.25, -0.2) is 0 Å². The number of aromatic nitrogens is 1. The van der Waals surface area contributed by atoms with Gasteiger partial charge >= 0.3 is 0 Å². The number of benzene rings is 11. The van der Waals surface area contributed by atoms with Crippen LogP contribution in [0.15, 0.2) is 255 Å². The predicted octanol–water partition coefficient (Wildman–Crippen LogP) is 17.2. The van der Waals surface area contributed by atoms with Gasteiger partial charge in [0.1, 0.15) is 0 Å². The molecule has 2 nitrogen and oxygen atoms in total. The summed E-state index contributed by atoms with van der Waals surface area (Å²) in [6.45, 7) is 0. The van der Waals surface area contributed by atoms with Gasteiger partial charge in [0.15, 0.2) is 0 Å². The van der Waals surface area contributed by atoms with Gasteiger partial charge in [-0.2, -0.15) is 0 Å². The molecule has 0 saturated heterocycles. The van der Waals surface area contributed by atoms with E-state index in [1.54, 1.807) is 0 Å². The second-order valence-corrected chi connectivity index (χ2v) is 16.5. The average Bonchev–Trinajstić information content (AvgIpc) is 3.71. The molecule has 0 atom stereocenters. The lowest BCUT2D eigenvalue weighted by atomic mass is 9.95. The molecule has 0 aliphatic rings. The highest BCUT2D eigenvalue weighted by atomic mass is 15.1. The molecule has 11 aromatic carbocycles. The fourth-order valence-corrected chi connectivity index (χ4v) is 9.81. The Kier molecular flexibility index (Phi) is 9.20. The van der Waals surface area contributed by atoms with Crippen molar-refractivity contribution in [3.8, 4) is 50.2 Å². The van der Waals surface area contributed by atoms with Crippen LogP contribution in [0.2, 0.25) is 0 Å². The summed E-state index contributed by atoms with van der Waals surface area (Å²) in [6, 6.07) is 92.6. The minimum atomic E-state index is 1.09. The molecule has 0 spiro atoms. The molecule has 2 heteroatoms. The van der Waals surface area contributed by atoms with Crippen molar-refractivity contribution in [1.29, 1.82) is 0 Å². The van der Waals surface area contributed by atoms with Gasteiger partial charge in [-0.3, -0.25) is 0 Å². The average molecular weight is 815 g/mol. The molecule has 12 aromatic rings. The molecule has 300 valence electrons.